The maximum atomic E-state index is 12.4. The molecule has 0 radical (unpaired) electrons. The number of benzene rings is 1. The molecule has 5 nitrogen and oxygen atoms in total. The molecule has 1 aromatic rings. The number of nitrogens with one attached hydrogen (secondary N) is 1. The van der Waals surface area contributed by atoms with Crippen LogP contribution in [-0.2, 0) is 4.79 Å². The maximum absolute atomic E-state index is 12.4. The van der Waals surface area contributed by atoms with Gasteiger partial charge in [-0.15, -0.1) is 0 Å². The Morgan fingerprint density at radius 2 is 1.91 bits per heavy atom. The fourth-order valence-electron chi connectivity index (χ4n) is 2.37. The Morgan fingerprint density at radius 1 is 1.27 bits per heavy atom. The van der Waals surface area contributed by atoms with Gasteiger partial charge in [-0.2, -0.15) is 5.26 Å². The predicted molar refractivity (Wildman–Crippen MR) is 85.8 cm³/mol. The lowest BCUT2D eigenvalue weighted by molar-refractivity contribution is -0.128. The molecule has 22 heavy (non-hydrogen) atoms. The first-order chi connectivity index (χ1) is 10.6. The minimum absolute atomic E-state index is 0.0461. The zero-order chi connectivity index (χ0) is 15.9. The molecular formula is C17H22N4O. The van der Waals surface area contributed by atoms with Gasteiger partial charge >= 0.3 is 0 Å². The summed E-state index contributed by atoms with van der Waals surface area (Å²) in [4.78, 5) is 16.3. The second kappa shape index (κ2) is 7.62. The van der Waals surface area contributed by atoms with Crippen molar-refractivity contribution >= 4 is 5.91 Å². The van der Waals surface area contributed by atoms with E-state index in [4.69, 9.17) is 0 Å². The van der Waals surface area contributed by atoms with Crippen molar-refractivity contribution in [3.63, 3.8) is 0 Å². The van der Waals surface area contributed by atoms with E-state index >= 15 is 0 Å². The normalized spacial score (nSPS) is 17.7. The van der Waals surface area contributed by atoms with Gasteiger partial charge in [-0.05, 0) is 19.5 Å². The van der Waals surface area contributed by atoms with E-state index in [-0.39, 0.29) is 17.5 Å². The number of carbonyl (C=O) groups excluding carboxylic acids is 1. The molecule has 0 aromatic heterocycles. The van der Waals surface area contributed by atoms with Crippen LogP contribution in [0.3, 0.4) is 0 Å². The summed E-state index contributed by atoms with van der Waals surface area (Å²) in [7, 11) is 2.03. The lowest BCUT2D eigenvalue weighted by atomic mass is 10.1. The van der Waals surface area contributed by atoms with Crippen molar-refractivity contribution in [2.24, 2.45) is 0 Å². The van der Waals surface area contributed by atoms with Crippen molar-refractivity contribution in [1.82, 2.24) is 15.1 Å². The fourth-order valence-corrected chi connectivity index (χ4v) is 2.37. The summed E-state index contributed by atoms with van der Waals surface area (Å²) in [6.45, 7) is 5.03. The van der Waals surface area contributed by atoms with Crippen LogP contribution in [0, 0.1) is 11.3 Å². The van der Waals surface area contributed by atoms with E-state index in [1.54, 1.807) is 4.90 Å². The minimum Gasteiger partial charge on any atom is -0.383 e. The number of nitrogens with zero attached hydrogens (tertiary/aromatic N) is 3. The van der Waals surface area contributed by atoms with Gasteiger partial charge in [-0.25, -0.2) is 0 Å². The van der Waals surface area contributed by atoms with Crippen molar-refractivity contribution < 1.29 is 4.79 Å². The zero-order valence-corrected chi connectivity index (χ0v) is 13.1. The first kappa shape index (κ1) is 16.1. The molecule has 0 saturated carbocycles. The highest BCUT2D eigenvalue weighted by Crippen LogP contribution is 2.12. The summed E-state index contributed by atoms with van der Waals surface area (Å²) < 4.78 is 0. The molecular weight excluding hydrogens is 276 g/mol. The van der Waals surface area contributed by atoms with Gasteiger partial charge in [0.2, 0.25) is 0 Å². The molecule has 1 aliphatic rings. The van der Waals surface area contributed by atoms with Crippen LogP contribution in [0.2, 0.25) is 0 Å². The van der Waals surface area contributed by atoms with E-state index in [0.29, 0.717) is 13.1 Å². The van der Waals surface area contributed by atoms with E-state index in [9.17, 15) is 10.1 Å². The molecule has 2 rings (SSSR count). The van der Waals surface area contributed by atoms with Crippen LogP contribution in [0.5, 0.6) is 0 Å². The third-order valence-corrected chi connectivity index (χ3v) is 3.92. The standard InChI is InChI=1S/C17H22N4O/c1-14(15-6-4-3-5-7-15)19-13-16(12-18)17(22)21-10-8-20(2)9-11-21/h3-7,13-14,19H,8-11H2,1-2H3/b16-13-. The Bertz CT molecular complexity index is 568. The van der Waals surface area contributed by atoms with Crippen molar-refractivity contribution in [2.75, 3.05) is 33.2 Å². The average Bonchev–Trinajstić information content (AvgIpc) is 2.56. The molecule has 1 fully saturated rings. The van der Waals surface area contributed by atoms with Gasteiger partial charge in [0, 0.05) is 38.4 Å². The van der Waals surface area contributed by atoms with E-state index in [1.807, 2.05) is 50.4 Å². The molecule has 5 heteroatoms. The van der Waals surface area contributed by atoms with E-state index in [1.165, 1.54) is 6.20 Å². The highest BCUT2D eigenvalue weighted by molar-refractivity contribution is 5.97. The first-order valence-corrected chi connectivity index (χ1v) is 7.51. The number of rotatable bonds is 4. The lowest BCUT2D eigenvalue weighted by Gasteiger charge is -2.32. The van der Waals surface area contributed by atoms with Crippen LogP contribution in [-0.4, -0.2) is 48.9 Å². The number of piperazine rings is 1. The number of hydrogen-bond acceptors (Lipinski definition) is 4. The van der Waals surface area contributed by atoms with Crippen molar-refractivity contribution in [3.05, 3.63) is 47.7 Å². The highest BCUT2D eigenvalue weighted by atomic mass is 16.2. The SMILES string of the molecule is CC(N/C=C(/C#N)C(=O)N1CCN(C)CC1)c1ccccc1. The molecule has 1 saturated heterocycles. The molecule has 1 amide bonds. The largest absolute Gasteiger partial charge is 0.383 e. The average molecular weight is 298 g/mol. The summed E-state index contributed by atoms with van der Waals surface area (Å²) in [5.41, 5.74) is 1.27. The third kappa shape index (κ3) is 4.09. The van der Waals surface area contributed by atoms with Gasteiger partial charge < -0.3 is 15.1 Å². The molecule has 1 aromatic carbocycles. The van der Waals surface area contributed by atoms with E-state index in [2.05, 4.69) is 10.2 Å². The zero-order valence-electron chi connectivity index (χ0n) is 13.1. The van der Waals surface area contributed by atoms with Crippen LogP contribution < -0.4 is 5.32 Å². The van der Waals surface area contributed by atoms with E-state index in [0.717, 1.165) is 18.7 Å². The van der Waals surface area contributed by atoms with Gasteiger partial charge in [0.05, 0.1) is 0 Å². The Hall–Kier alpha value is -2.32. The highest BCUT2D eigenvalue weighted by Gasteiger charge is 2.22. The molecule has 1 aliphatic heterocycles. The molecule has 0 spiro atoms. The number of likely N-dealkylation sites (N-methyl/N-ethyl adjacent to an activating group) is 1. The summed E-state index contributed by atoms with van der Waals surface area (Å²) in [5, 5.41) is 12.4. The van der Waals surface area contributed by atoms with Crippen LogP contribution in [0.25, 0.3) is 0 Å². The Labute approximate surface area is 131 Å². The molecule has 1 atom stereocenters. The number of carbonyl (C=O) groups is 1. The van der Waals surface area contributed by atoms with Gasteiger partial charge in [0.1, 0.15) is 11.6 Å². The van der Waals surface area contributed by atoms with Gasteiger partial charge in [-0.1, -0.05) is 30.3 Å². The van der Waals surface area contributed by atoms with Crippen LogP contribution in [0.15, 0.2) is 42.1 Å². The van der Waals surface area contributed by atoms with Crippen molar-refractivity contribution in [2.45, 2.75) is 13.0 Å². The van der Waals surface area contributed by atoms with Gasteiger partial charge in [-0.3, -0.25) is 4.79 Å². The summed E-state index contributed by atoms with van der Waals surface area (Å²) in [5.74, 6) is -0.191. The van der Waals surface area contributed by atoms with Crippen molar-refractivity contribution in [3.8, 4) is 6.07 Å². The molecule has 0 aliphatic carbocycles. The Kier molecular flexibility index (Phi) is 5.56. The Balaban J connectivity index is 1.98. The monoisotopic (exact) mass is 298 g/mol. The fraction of sp³-hybridized carbons (Fsp3) is 0.412. The van der Waals surface area contributed by atoms with Crippen molar-refractivity contribution in [1.29, 1.82) is 5.26 Å². The molecule has 1 heterocycles. The third-order valence-electron chi connectivity index (χ3n) is 3.92. The quantitative estimate of drug-likeness (QED) is 0.676. The van der Waals surface area contributed by atoms with Gasteiger partial charge in [0.15, 0.2) is 0 Å². The number of amides is 1. The van der Waals surface area contributed by atoms with Crippen LogP contribution in [0.1, 0.15) is 18.5 Å². The second-order valence-electron chi connectivity index (χ2n) is 5.56. The number of nitriles is 1. The maximum Gasteiger partial charge on any atom is 0.266 e. The topological polar surface area (TPSA) is 59.4 Å². The molecule has 1 N–H and O–H groups in total. The van der Waals surface area contributed by atoms with E-state index < -0.39 is 0 Å². The summed E-state index contributed by atoms with van der Waals surface area (Å²) in [6, 6.07) is 12.0. The minimum atomic E-state index is -0.191. The smallest absolute Gasteiger partial charge is 0.266 e. The number of hydrogen-bond donors (Lipinski definition) is 1. The van der Waals surface area contributed by atoms with Gasteiger partial charge in [0.25, 0.3) is 5.91 Å². The van der Waals surface area contributed by atoms with Crippen LogP contribution in [0.4, 0.5) is 0 Å². The first-order valence-electron chi connectivity index (χ1n) is 7.51. The lowest BCUT2D eigenvalue weighted by Crippen LogP contribution is -2.47. The predicted octanol–water partition coefficient (Wildman–Crippen LogP) is 1.52. The second-order valence-corrected chi connectivity index (χ2v) is 5.56. The molecule has 0 bridgehead atoms. The molecule has 116 valence electrons. The molecule has 1 unspecified atom stereocenters. The van der Waals surface area contributed by atoms with Crippen LogP contribution >= 0.6 is 0 Å². The Morgan fingerprint density at radius 3 is 2.50 bits per heavy atom. The summed E-state index contributed by atoms with van der Waals surface area (Å²) >= 11 is 0. The summed E-state index contributed by atoms with van der Waals surface area (Å²) in [6.07, 6.45) is 1.54.